The molecule has 0 aromatic carbocycles. The van der Waals surface area contributed by atoms with Crippen molar-refractivity contribution in [1.82, 2.24) is 5.32 Å². The third-order valence-electron chi connectivity index (χ3n) is 1.59. The number of rotatable bonds is 6. The van der Waals surface area contributed by atoms with Gasteiger partial charge in [-0.25, -0.2) is 0 Å². The van der Waals surface area contributed by atoms with E-state index in [4.69, 9.17) is 10.8 Å². The summed E-state index contributed by atoms with van der Waals surface area (Å²) in [5.41, 5.74) is 5.25. The highest BCUT2D eigenvalue weighted by Gasteiger charge is 2.08. The van der Waals surface area contributed by atoms with E-state index in [0.29, 0.717) is 18.8 Å². The lowest BCUT2D eigenvalue weighted by molar-refractivity contribution is -0.141. The molecule has 0 unspecified atom stereocenters. The van der Waals surface area contributed by atoms with Crippen LogP contribution in [0.4, 0.5) is 0 Å². The van der Waals surface area contributed by atoms with E-state index in [1.807, 2.05) is 0 Å². The van der Waals surface area contributed by atoms with Crippen LogP contribution in [0.25, 0.3) is 0 Å². The molecule has 0 saturated carbocycles. The molecule has 0 aromatic heterocycles. The summed E-state index contributed by atoms with van der Waals surface area (Å²) in [6, 6.07) is 0. The number of carboxylic acid groups (broad SMARTS) is 1. The zero-order valence-corrected chi connectivity index (χ0v) is 7.34. The lowest BCUT2D eigenvalue weighted by Gasteiger charge is -2.06. The second-order valence-electron chi connectivity index (χ2n) is 2.83. The molecule has 0 aliphatic rings. The quantitative estimate of drug-likeness (QED) is 0.510. The molecule has 0 radical (unpaired) electrons. The summed E-state index contributed by atoms with van der Waals surface area (Å²) in [6.07, 6.45) is 1.46. The average Bonchev–Trinajstić information content (AvgIpc) is 1.97. The fourth-order valence-corrected chi connectivity index (χ4v) is 0.781. The molecular formula is C8H16N2O2. The summed E-state index contributed by atoms with van der Waals surface area (Å²) in [5, 5.41) is 11.4. The van der Waals surface area contributed by atoms with Gasteiger partial charge in [0.25, 0.3) is 0 Å². The molecule has 4 heteroatoms. The Morgan fingerprint density at radius 2 is 2.33 bits per heavy atom. The highest BCUT2D eigenvalue weighted by molar-refractivity contribution is 5.69. The van der Waals surface area contributed by atoms with Crippen molar-refractivity contribution in [3.05, 3.63) is 12.4 Å². The Hall–Kier alpha value is -1.19. The average molecular weight is 172 g/mol. The largest absolute Gasteiger partial charge is 0.481 e. The Bertz CT molecular complexity index is 168. The highest BCUT2D eigenvalue weighted by atomic mass is 16.4. The molecule has 0 aliphatic carbocycles. The number of carboxylic acids is 1. The molecule has 0 heterocycles. The van der Waals surface area contributed by atoms with Gasteiger partial charge in [0, 0.05) is 6.54 Å². The summed E-state index contributed by atoms with van der Waals surface area (Å²) in [7, 11) is 0. The first kappa shape index (κ1) is 10.8. The van der Waals surface area contributed by atoms with Crippen LogP contribution in [0.5, 0.6) is 0 Å². The number of nitrogens with one attached hydrogen (secondary N) is 1. The van der Waals surface area contributed by atoms with Crippen molar-refractivity contribution in [3.8, 4) is 0 Å². The third kappa shape index (κ3) is 5.58. The van der Waals surface area contributed by atoms with Gasteiger partial charge in [-0.3, -0.25) is 4.79 Å². The topological polar surface area (TPSA) is 75.3 Å². The summed E-state index contributed by atoms with van der Waals surface area (Å²) in [5.74, 6) is -0.600. The van der Waals surface area contributed by atoms with Gasteiger partial charge in [0.2, 0.25) is 0 Å². The van der Waals surface area contributed by atoms with Gasteiger partial charge in [-0.1, -0.05) is 13.5 Å². The molecule has 0 spiro atoms. The minimum atomic E-state index is -0.749. The lowest BCUT2D eigenvalue weighted by Crippen LogP contribution is -2.21. The van der Waals surface area contributed by atoms with E-state index in [-0.39, 0.29) is 5.92 Å². The standard InChI is InChI=1S/C8H16N2O2/c1-6(8(11)12)4-3-5-10-7(2)9/h6,10H,2-5,9H2,1H3,(H,11,12)/t6-/m0/s1. The van der Waals surface area contributed by atoms with Crippen molar-refractivity contribution in [2.45, 2.75) is 19.8 Å². The molecule has 0 aromatic rings. The summed E-state index contributed by atoms with van der Waals surface area (Å²) in [6.45, 7) is 5.84. The molecule has 0 fully saturated rings. The Morgan fingerprint density at radius 3 is 2.75 bits per heavy atom. The normalized spacial score (nSPS) is 12.1. The highest BCUT2D eigenvalue weighted by Crippen LogP contribution is 2.03. The zero-order valence-electron chi connectivity index (χ0n) is 7.34. The van der Waals surface area contributed by atoms with E-state index in [0.717, 1.165) is 6.42 Å². The molecule has 12 heavy (non-hydrogen) atoms. The molecule has 4 N–H and O–H groups in total. The molecule has 0 bridgehead atoms. The van der Waals surface area contributed by atoms with Gasteiger partial charge in [0.1, 0.15) is 0 Å². The van der Waals surface area contributed by atoms with Crippen molar-refractivity contribution in [2.24, 2.45) is 11.7 Å². The van der Waals surface area contributed by atoms with Crippen LogP contribution in [0.15, 0.2) is 12.4 Å². The predicted octanol–water partition coefficient (Wildman–Crippen LogP) is 0.507. The fraction of sp³-hybridized carbons (Fsp3) is 0.625. The van der Waals surface area contributed by atoms with Crippen LogP contribution >= 0.6 is 0 Å². The predicted molar refractivity (Wildman–Crippen MR) is 47.4 cm³/mol. The van der Waals surface area contributed by atoms with Crippen molar-refractivity contribution in [1.29, 1.82) is 0 Å². The monoisotopic (exact) mass is 172 g/mol. The van der Waals surface area contributed by atoms with Gasteiger partial charge in [0.15, 0.2) is 0 Å². The number of carbonyl (C=O) groups is 1. The van der Waals surface area contributed by atoms with Gasteiger partial charge in [-0.2, -0.15) is 0 Å². The lowest BCUT2D eigenvalue weighted by atomic mass is 10.1. The van der Waals surface area contributed by atoms with Crippen LogP contribution in [0.2, 0.25) is 0 Å². The minimum Gasteiger partial charge on any atom is -0.481 e. The molecule has 4 nitrogen and oxygen atoms in total. The molecular weight excluding hydrogens is 156 g/mol. The number of nitrogens with two attached hydrogens (primary N) is 1. The van der Waals surface area contributed by atoms with E-state index in [1.165, 1.54) is 0 Å². The maximum absolute atomic E-state index is 10.4. The third-order valence-corrected chi connectivity index (χ3v) is 1.59. The Kier molecular flexibility index (Phi) is 4.92. The van der Waals surface area contributed by atoms with Crippen LogP contribution in [-0.2, 0) is 4.79 Å². The molecule has 0 amide bonds. The van der Waals surface area contributed by atoms with Gasteiger partial charge in [-0.15, -0.1) is 0 Å². The van der Waals surface area contributed by atoms with E-state index >= 15 is 0 Å². The maximum Gasteiger partial charge on any atom is 0.306 e. The van der Waals surface area contributed by atoms with E-state index < -0.39 is 5.97 Å². The summed E-state index contributed by atoms with van der Waals surface area (Å²) in [4.78, 5) is 10.4. The van der Waals surface area contributed by atoms with E-state index in [9.17, 15) is 4.79 Å². The van der Waals surface area contributed by atoms with Crippen molar-refractivity contribution in [2.75, 3.05) is 6.54 Å². The smallest absolute Gasteiger partial charge is 0.306 e. The van der Waals surface area contributed by atoms with Crippen molar-refractivity contribution >= 4 is 5.97 Å². The first-order valence-electron chi connectivity index (χ1n) is 3.95. The molecule has 0 saturated heterocycles. The second-order valence-corrected chi connectivity index (χ2v) is 2.83. The van der Waals surface area contributed by atoms with Crippen LogP contribution in [0.3, 0.4) is 0 Å². The summed E-state index contributed by atoms with van der Waals surface area (Å²) < 4.78 is 0. The number of hydrogen-bond acceptors (Lipinski definition) is 3. The van der Waals surface area contributed by atoms with Gasteiger partial charge >= 0.3 is 5.97 Å². The number of hydrogen-bond donors (Lipinski definition) is 3. The van der Waals surface area contributed by atoms with Crippen LogP contribution in [0, 0.1) is 5.92 Å². The van der Waals surface area contributed by atoms with Crippen molar-refractivity contribution in [3.63, 3.8) is 0 Å². The first-order chi connectivity index (χ1) is 5.54. The Balaban J connectivity index is 3.31. The van der Waals surface area contributed by atoms with Gasteiger partial charge in [0.05, 0.1) is 11.7 Å². The Morgan fingerprint density at radius 1 is 1.75 bits per heavy atom. The molecule has 0 rings (SSSR count). The maximum atomic E-state index is 10.4. The molecule has 1 atom stereocenters. The van der Waals surface area contributed by atoms with E-state index in [1.54, 1.807) is 6.92 Å². The second kappa shape index (κ2) is 5.46. The SMILES string of the molecule is C=C(N)NCCC[C@H](C)C(=O)O. The van der Waals surface area contributed by atoms with Crippen LogP contribution < -0.4 is 11.1 Å². The van der Waals surface area contributed by atoms with Crippen LogP contribution in [-0.4, -0.2) is 17.6 Å². The Labute approximate surface area is 72.4 Å². The fourth-order valence-electron chi connectivity index (χ4n) is 0.781. The van der Waals surface area contributed by atoms with Crippen LogP contribution in [0.1, 0.15) is 19.8 Å². The summed E-state index contributed by atoms with van der Waals surface area (Å²) >= 11 is 0. The molecule has 0 aliphatic heterocycles. The molecule has 70 valence electrons. The van der Waals surface area contributed by atoms with Gasteiger partial charge < -0.3 is 16.2 Å². The minimum absolute atomic E-state index is 0.280. The van der Waals surface area contributed by atoms with E-state index in [2.05, 4.69) is 11.9 Å². The van der Waals surface area contributed by atoms with Gasteiger partial charge in [-0.05, 0) is 12.8 Å². The zero-order chi connectivity index (χ0) is 9.56. The van der Waals surface area contributed by atoms with Crippen molar-refractivity contribution < 1.29 is 9.90 Å². The first-order valence-corrected chi connectivity index (χ1v) is 3.95. The number of aliphatic carboxylic acids is 1.